The van der Waals surface area contributed by atoms with Gasteiger partial charge < -0.3 is 19.9 Å². The summed E-state index contributed by atoms with van der Waals surface area (Å²) in [5.41, 5.74) is -1.18. The zero-order chi connectivity index (χ0) is 30.0. The number of likely N-dealkylation sites (tertiary alicyclic amines) is 1. The third-order valence-corrected chi connectivity index (χ3v) is 7.71. The van der Waals surface area contributed by atoms with Gasteiger partial charge in [0, 0.05) is 48.5 Å². The van der Waals surface area contributed by atoms with Gasteiger partial charge >= 0.3 is 18.2 Å². The molecule has 2 amide bonds. The normalized spacial score (nSPS) is 13.9. The van der Waals surface area contributed by atoms with Crippen molar-refractivity contribution in [1.29, 1.82) is 0 Å². The molecular weight excluding hydrogens is 575 g/mol. The quantitative estimate of drug-likeness (QED) is 0.267. The van der Waals surface area contributed by atoms with E-state index >= 15 is 0 Å². The first-order valence-electron chi connectivity index (χ1n) is 13.1. The smallest absolute Gasteiger partial charge is 0.434 e. The van der Waals surface area contributed by atoms with Crippen molar-refractivity contribution in [3.63, 3.8) is 0 Å². The van der Waals surface area contributed by atoms with Crippen LogP contribution in [0.5, 0.6) is 0 Å². The van der Waals surface area contributed by atoms with E-state index in [1.165, 1.54) is 30.7 Å². The number of fused-ring (bicyclic) bond motifs is 1. The van der Waals surface area contributed by atoms with E-state index in [0.717, 1.165) is 42.6 Å². The Morgan fingerprint density at radius 1 is 1.10 bits per heavy atom. The summed E-state index contributed by atoms with van der Waals surface area (Å²) in [4.78, 5) is 52.0. The van der Waals surface area contributed by atoms with Gasteiger partial charge in [0.2, 0.25) is 5.43 Å². The van der Waals surface area contributed by atoms with E-state index in [1.807, 2.05) is 0 Å². The second-order valence-electron chi connectivity index (χ2n) is 9.64. The van der Waals surface area contributed by atoms with Gasteiger partial charge in [0.15, 0.2) is 5.69 Å². The number of aromatic carboxylic acids is 1. The molecule has 0 unspecified atom stereocenters. The summed E-state index contributed by atoms with van der Waals surface area (Å²) < 4.78 is 41.8. The average molecular weight is 602 g/mol. The summed E-state index contributed by atoms with van der Waals surface area (Å²) in [6.45, 7) is 5.05. The lowest BCUT2D eigenvalue weighted by atomic mass is 10.0. The summed E-state index contributed by atoms with van der Waals surface area (Å²) in [6, 6.07) is 2.22. The van der Waals surface area contributed by atoms with Gasteiger partial charge in [-0.3, -0.25) is 15.1 Å². The molecule has 0 aromatic carbocycles. The summed E-state index contributed by atoms with van der Waals surface area (Å²) in [7, 11) is 0. The molecule has 0 spiro atoms. The number of carboxylic acids is 1. The van der Waals surface area contributed by atoms with Crippen molar-refractivity contribution >= 4 is 40.1 Å². The van der Waals surface area contributed by atoms with Gasteiger partial charge in [0.05, 0.1) is 22.8 Å². The van der Waals surface area contributed by atoms with Gasteiger partial charge in [0.1, 0.15) is 16.4 Å². The summed E-state index contributed by atoms with van der Waals surface area (Å²) >= 11 is 0.747. The van der Waals surface area contributed by atoms with Gasteiger partial charge in [-0.25, -0.2) is 19.6 Å². The molecule has 4 aromatic heterocycles. The predicted molar refractivity (Wildman–Crippen MR) is 151 cm³/mol. The molecule has 5 rings (SSSR count). The number of thiazole rings is 1. The molecule has 1 aliphatic heterocycles. The van der Waals surface area contributed by atoms with Crippen LogP contribution >= 0.6 is 11.3 Å². The number of nitrogens with one attached hydrogen (secondary N) is 2. The highest BCUT2D eigenvalue weighted by molar-refractivity contribution is 7.13. The lowest BCUT2D eigenvalue weighted by Gasteiger charge is -2.18. The van der Waals surface area contributed by atoms with E-state index in [9.17, 15) is 32.7 Å². The lowest BCUT2D eigenvalue weighted by Crippen LogP contribution is -2.28. The number of alkyl halides is 3. The van der Waals surface area contributed by atoms with Crippen molar-refractivity contribution in [1.82, 2.24) is 29.7 Å². The zero-order valence-corrected chi connectivity index (χ0v) is 23.2. The van der Waals surface area contributed by atoms with Crippen LogP contribution in [-0.2, 0) is 12.7 Å². The minimum atomic E-state index is -4.67. The number of carboxylic acid groups (broad SMARTS) is 1. The van der Waals surface area contributed by atoms with Crippen molar-refractivity contribution in [3.05, 3.63) is 57.6 Å². The molecule has 1 aliphatic rings. The molecule has 0 atom stereocenters. The fourth-order valence-electron chi connectivity index (χ4n) is 4.78. The van der Waals surface area contributed by atoms with Crippen LogP contribution in [0.4, 0.5) is 23.8 Å². The van der Waals surface area contributed by atoms with Gasteiger partial charge in [0.25, 0.3) is 0 Å². The Labute approximate surface area is 241 Å². The van der Waals surface area contributed by atoms with Crippen LogP contribution in [0, 0.1) is 0 Å². The van der Waals surface area contributed by atoms with Gasteiger partial charge in [-0.1, -0.05) is 0 Å². The second kappa shape index (κ2) is 11.9. The van der Waals surface area contributed by atoms with E-state index in [4.69, 9.17) is 0 Å². The standard InChI is InChI=1S/C27H26F3N7O4S/c1-2-31-26(41)35-22-10-15(24-34-21(14-42-24)27(28,29)30)17(11-33-22)19-9-16-20(12-32-19)37(8-7-36-5-3-4-6-36)13-18(23(16)38)25(39)40/h9-14H,2-8H2,1H3,(H,39,40)(H2,31,33,35,41). The molecule has 220 valence electrons. The highest BCUT2D eigenvalue weighted by Gasteiger charge is 2.34. The van der Waals surface area contributed by atoms with Crippen molar-refractivity contribution in [2.45, 2.75) is 32.5 Å². The van der Waals surface area contributed by atoms with E-state index in [0.29, 0.717) is 25.2 Å². The largest absolute Gasteiger partial charge is 0.477 e. The Bertz CT molecular complexity index is 1710. The van der Waals surface area contributed by atoms with Crippen LogP contribution in [0.2, 0.25) is 0 Å². The second-order valence-corrected chi connectivity index (χ2v) is 10.5. The number of urea groups is 1. The first-order chi connectivity index (χ1) is 20.0. The van der Waals surface area contributed by atoms with E-state index in [1.54, 1.807) is 11.5 Å². The number of hydrogen-bond donors (Lipinski definition) is 3. The SMILES string of the molecule is CCNC(=O)Nc1cc(-c2nc(C(F)(F)F)cs2)c(-c2cc3c(=O)c(C(=O)O)cn(CCN4CCCC4)c3cn2)cn1. The molecular formula is C27H26F3N7O4S. The fraction of sp³-hybridized carbons (Fsp3) is 0.333. The maximum atomic E-state index is 13.4. The number of hydrogen-bond acceptors (Lipinski definition) is 8. The first kappa shape index (κ1) is 29.1. The Balaban J connectivity index is 1.63. The molecule has 0 bridgehead atoms. The predicted octanol–water partition coefficient (Wildman–Crippen LogP) is 4.54. The minimum Gasteiger partial charge on any atom is -0.477 e. The Kier molecular flexibility index (Phi) is 8.22. The van der Waals surface area contributed by atoms with Crippen molar-refractivity contribution in [3.8, 4) is 21.8 Å². The minimum absolute atomic E-state index is 0.0112. The molecule has 15 heteroatoms. The maximum absolute atomic E-state index is 13.4. The van der Waals surface area contributed by atoms with Gasteiger partial charge in [-0.05, 0) is 45.0 Å². The van der Waals surface area contributed by atoms with Gasteiger partial charge in [-0.2, -0.15) is 13.2 Å². The van der Waals surface area contributed by atoms with Crippen LogP contribution in [0.25, 0.3) is 32.7 Å². The lowest BCUT2D eigenvalue weighted by molar-refractivity contribution is -0.140. The topological polar surface area (TPSA) is 142 Å². The molecule has 0 radical (unpaired) electrons. The number of pyridine rings is 3. The van der Waals surface area contributed by atoms with E-state index in [-0.39, 0.29) is 33.0 Å². The molecule has 5 heterocycles. The Morgan fingerprint density at radius 2 is 1.86 bits per heavy atom. The number of rotatable bonds is 8. The van der Waals surface area contributed by atoms with Crippen molar-refractivity contribution < 1.29 is 27.9 Å². The number of amides is 2. The molecule has 11 nitrogen and oxygen atoms in total. The van der Waals surface area contributed by atoms with Crippen molar-refractivity contribution in [2.24, 2.45) is 0 Å². The summed E-state index contributed by atoms with van der Waals surface area (Å²) in [6.07, 6.45) is 1.58. The van der Waals surface area contributed by atoms with Crippen LogP contribution in [-0.4, -0.2) is 67.7 Å². The molecule has 1 fully saturated rings. The number of halogens is 3. The molecule has 42 heavy (non-hydrogen) atoms. The Morgan fingerprint density at radius 3 is 2.52 bits per heavy atom. The third kappa shape index (κ3) is 6.11. The number of carbonyl (C=O) groups excluding carboxylic acids is 1. The van der Waals surface area contributed by atoms with Crippen LogP contribution < -0.4 is 16.1 Å². The summed E-state index contributed by atoms with van der Waals surface area (Å²) in [5, 5.41) is 15.8. The first-order valence-corrected chi connectivity index (χ1v) is 14.0. The van der Waals surface area contributed by atoms with Crippen molar-refractivity contribution in [2.75, 3.05) is 31.5 Å². The monoisotopic (exact) mass is 601 g/mol. The van der Waals surface area contributed by atoms with E-state index in [2.05, 4.69) is 30.5 Å². The fourth-order valence-corrected chi connectivity index (χ4v) is 5.64. The zero-order valence-electron chi connectivity index (χ0n) is 22.4. The highest BCUT2D eigenvalue weighted by Crippen LogP contribution is 2.38. The molecule has 3 N–H and O–H groups in total. The maximum Gasteiger partial charge on any atom is 0.434 e. The Hall–Kier alpha value is -4.37. The molecule has 0 aliphatic carbocycles. The third-order valence-electron chi connectivity index (χ3n) is 6.84. The average Bonchev–Trinajstić information content (AvgIpc) is 3.65. The molecule has 4 aromatic rings. The highest BCUT2D eigenvalue weighted by atomic mass is 32.1. The van der Waals surface area contributed by atoms with Crippen LogP contribution in [0.1, 0.15) is 35.8 Å². The van der Waals surface area contributed by atoms with Crippen LogP contribution in [0.3, 0.4) is 0 Å². The number of nitrogens with zero attached hydrogens (tertiary/aromatic N) is 5. The van der Waals surface area contributed by atoms with Gasteiger partial charge in [-0.15, -0.1) is 11.3 Å². The number of aromatic nitrogens is 4. The molecule has 0 saturated carbocycles. The number of carbonyl (C=O) groups is 2. The molecule has 1 saturated heterocycles. The van der Waals surface area contributed by atoms with Crippen LogP contribution in [0.15, 0.2) is 40.9 Å². The summed E-state index contributed by atoms with van der Waals surface area (Å²) in [5.74, 6) is -1.32. The van der Waals surface area contributed by atoms with E-state index < -0.39 is 34.9 Å². The number of anilines is 1.